The van der Waals surface area contributed by atoms with Crippen molar-refractivity contribution in [3.8, 4) is 11.3 Å². The Kier molecular flexibility index (Phi) is 7.80. The minimum Gasteiger partial charge on any atom is -0.475 e. The first-order valence-corrected chi connectivity index (χ1v) is 9.23. The Hall–Kier alpha value is -3.36. The van der Waals surface area contributed by atoms with E-state index in [9.17, 15) is 39.9 Å². The molecule has 0 aliphatic carbocycles. The van der Waals surface area contributed by atoms with Gasteiger partial charge in [-0.05, 0) is 12.1 Å². The van der Waals surface area contributed by atoms with E-state index in [4.69, 9.17) is 9.90 Å². The van der Waals surface area contributed by atoms with Gasteiger partial charge >= 0.3 is 24.2 Å². The largest absolute Gasteiger partial charge is 0.490 e. The zero-order chi connectivity index (χ0) is 25.9. The summed E-state index contributed by atoms with van der Waals surface area (Å²) in [7, 11) is 1.66. The molecule has 1 saturated heterocycles. The number of hydrogen-bond acceptors (Lipinski definition) is 5. The maximum Gasteiger partial charge on any atom is 0.490 e. The number of carbonyl (C=O) groups is 2. The van der Waals surface area contributed by atoms with Gasteiger partial charge in [-0.1, -0.05) is 24.3 Å². The smallest absolute Gasteiger partial charge is 0.475 e. The number of halogens is 8. The van der Waals surface area contributed by atoms with Crippen molar-refractivity contribution in [3.05, 3.63) is 47.7 Å². The van der Waals surface area contributed by atoms with Gasteiger partial charge in [-0.25, -0.2) is 4.79 Å². The van der Waals surface area contributed by atoms with Crippen LogP contribution in [0.25, 0.3) is 11.3 Å². The quantitative estimate of drug-likeness (QED) is 0.625. The molecule has 2 N–H and O–H groups in total. The van der Waals surface area contributed by atoms with Gasteiger partial charge in [-0.15, -0.1) is 10.2 Å². The summed E-state index contributed by atoms with van der Waals surface area (Å²) in [5.41, 5.74) is -0.483. The van der Waals surface area contributed by atoms with Crippen LogP contribution in [0.4, 0.5) is 35.1 Å². The minimum atomic E-state index is -5.67. The third kappa shape index (κ3) is 6.15. The number of hydrogen-bond donors (Lipinski definition) is 2. The molecule has 2 aromatic rings. The van der Waals surface area contributed by atoms with E-state index in [0.29, 0.717) is 30.8 Å². The van der Waals surface area contributed by atoms with Gasteiger partial charge in [0.2, 0.25) is 0 Å². The molecule has 1 aromatic carbocycles. The number of carboxylic acids is 1. The van der Waals surface area contributed by atoms with Crippen molar-refractivity contribution < 1.29 is 49.8 Å². The molecule has 7 nitrogen and oxygen atoms in total. The average molecular weight is 500 g/mol. The van der Waals surface area contributed by atoms with Crippen LogP contribution in [0.1, 0.15) is 16.1 Å². The first-order valence-electron chi connectivity index (χ1n) is 9.23. The van der Waals surface area contributed by atoms with Gasteiger partial charge in [0, 0.05) is 31.3 Å². The number of carbonyl (C=O) groups excluding carboxylic acids is 1. The number of aromatic nitrogens is 2. The number of carboxylic acid groups (broad SMARTS) is 1. The fourth-order valence-electron chi connectivity index (χ4n) is 2.51. The van der Waals surface area contributed by atoms with Gasteiger partial charge in [0.05, 0.1) is 11.7 Å². The molecular formula is C19H16F8N4O3. The number of rotatable bonds is 4. The summed E-state index contributed by atoms with van der Waals surface area (Å²) in [5.74, 6) is -8.00. The Balaban J connectivity index is 0.000000509. The molecule has 1 aromatic heterocycles. The highest BCUT2D eigenvalue weighted by atomic mass is 19.4. The van der Waals surface area contributed by atoms with E-state index in [1.807, 2.05) is 0 Å². The van der Waals surface area contributed by atoms with Crippen molar-refractivity contribution in [2.45, 2.75) is 24.3 Å². The van der Waals surface area contributed by atoms with Gasteiger partial charge in [0.25, 0.3) is 5.91 Å². The summed E-state index contributed by atoms with van der Waals surface area (Å²) in [6.07, 6.45) is -10.8. The van der Waals surface area contributed by atoms with E-state index < -0.39 is 29.8 Å². The third-order valence-corrected chi connectivity index (χ3v) is 4.65. The van der Waals surface area contributed by atoms with Crippen molar-refractivity contribution in [3.63, 3.8) is 0 Å². The zero-order valence-electron chi connectivity index (χ0n) is 17.1. The maximum absolute atomic E-state index is 13.3. The second-order valence-corrected chi connectivity index (χ2v) is 6.98. The predicted molar refractivity (Wildman–Crippen MR) is 99.9 cm³/mol. The summed E-state index contributed by atoms with van der Waals surface area (Å²) in [6, 6.07) is 6.58. The molecule has 0 spiro atoms. The van der Waals surface area contributed by atoms with E-state index in [2.05, 4.69) is 15.5 Å². The topological polar surface area (TPSA) is 95.4 Å². The lowest BCUT2D eigenvalue weighted by Crippen LogP contribution is -2.57. The van der Waals surface area contributed by atoms with Crippen LogP contribution in [0.3, 0.4) is 0 Å². The Morgan fingerprint density at radius 2 is 1.47 bits per heavy atom. The Morgan fingerprint density at radius 3 is 1.82 bits per heavy atom. The van der Waals surface area contributed by atoms with Gasteiger partial charge < -0.3 is 15.3 Å². The van der Waals surface area contributed by atoms with E-state index >= 15 is 0 Å². The van der Waals surface area contributed by atoms with Gasteiger partial charge in [-0.3, -0.25) is 4.79 Å². The maximum atomic E-state index is 13.3. The second kappa shape index (κ2) is 9.87. The first kappa shape index (κ1) is 26.9. The molecule has 34 heavy (non-hydrogen) atoms. The highest BCUT2D eigenvalue weighted by Gasteiger charge is 2.58. The van der Waals surface area contributed by atoms with E-state index in [0.717, 1.165) is 12.1 Å². The third-order valence-electron chi connectivity index (χ3n) is 4.65. The van der Waals surface area contributed by atoms with Crippen molar-refractivity contribution >= 4 is 11.9 Å². The average Bonchev–Trinajstić information content (AvgIpc) is 2.71. The number of alkyl halides is 8. The van der Waals surface area contributed by atoms with Crippen molar-refractivity contribution in [1.29, 1.82) is 0 Å². The SMILES string of the molecule is CN(C(=O)c1ccc(-c2ccc(C(F)(F)C(F)(F)F)cc2)nn1)C1CNC1.O=C(O)C(F)(F)F. The fraction of sp³-hybridized carbons (Fsp3) is 0.368. The second-order valence-electron chi connectivity index (χ2n) is 6.98. The lowest BCUT2D eigenvalue weighted by molar-refractivity contribution is -0.289. The predicted octanol–water partition coefficient (Wildman–Crippen LogP) is 3.47. The molecule has 1 aliphatic heterocycles. The fourth-order valence-corrected chi connectivity index (χ4v) is 2.51. The molecule has 0 unspecified atom stereocenters. The van der Waals surface area contributed by atoms with Crippen molar-refractivity contribution in [2.24, 2.45) is 0 Å². The van der Waals surface area contributed by atoms with Crippen LogP contribution >= 0.6 is 0 Å². The molecule has 1 aliphatic rings. The highest BCUT2D eigenvalue weighted by Crippen LogP contribution is 2.44. The molecule has 0 bridgehead atoms. The number of likely N-dealkylation sites (N-methyl/N-ethyl adjacent to an activating group) is 1. The monoisotopic (exact) mass is 500 g/mol. The van der Waals surface area contributed by atoms with Crippen LogP contribution < -0.4 is 5.32 Å². The van der Waals surface area contributed by atoms with Crippen LogP contribution in [-0.2, 0) is 10.7 Å². The number of benzene rings is 1. The highest BCUT2D eigenvalue weighted by molar-refractivity contribution is 5.92. The summed E-state index contributed by atoms with van der Waals surface area (Å²) in [4.78, 5) is 22.7. The zero-order valence-corrected chi connectivity index (χ0v) is 17.1. The summed E-state index contributed by atoms with van der Waals surface area (Å²) < 4.78 is 95.6. The Morgan fingerprint density at radius 1 is 0.941 bits per heavy atom. The molecule has 3 rings (SSSR count). The lowest BCUT2D eigenvalue weighted by atomic mass is 10.0. The number of amides is 1. The van der Waals surface area contributed by atoms with E-state index in [-0.39, 0.29) is 23.3 Å². The molecule has 0 radical (unpaired) electrons. The Labute approximate surface area is 186 Å². The molecule has 0 saturated carbocycles. The number of nitrogens with zero attached hydrogens (tertiary/aromatic N) is 3. The van der Waals surface area contributed by atoms with Gasteiger partial charge in [0.15, 0.2) is 5.69 Å². The number of nitrogens with one attached hydrogen (secondary N) is 1. The molecule has 0 atom stereocenters. The minimum absolute atomic E-state index is 0.0850. The summed E-state index contributed by atoms with van der Waals surface area (Å²) in [6.45, 7) is 1.39. The molecule has 186 valence electrons. The first-order chi connectivity index (χ1) is 15.6. The summed E-state index contributed by atoms with van der Waals surface area (Å²) >= 11 is 0. The van der Waals surface area contributed by atoms with Gasteiger partial charge in [0.1, 0.15) is 0 Å². The molecule has 15 heteroatoms. The van der Waals surface area contributed by atoms with Crippen molar-refractivity contribution in [2.75, 3.05) is 20.1 Å². The van der Waals surface area contributed by atoms with Crippen LogP contribution in [-0.4, -0.2) is 70.6 Å². The van der Waals surface area contributed by atoms with Crippen LogP contribution in [0.15, 0.2) is 36.4 Å². The number of aliphatic carboxylic acids is 1. The van der Waals surface area contributed by atoms with Crippen LogP contribution in [0, 0.1) is 0 Å². The van der Waals surface area contributed by atoms with Crippen LogP contribution in [0.5, 0.6) is 0 Å². The van der Waals surface area contributed by atoms with Crippen molar-refractivity contribution in [1.82, 2.24) is 20.4 Å². The lowest BCUT2D eigenvalue weighted by Gasteiger charge is -2.35. The van der Waals surface area contributed by atoms with Crippen LogP contribution in [0.2, 0.25) is 0 Å². The standard InChI is InChI=1S/C17H15F5N4O.C2HF3O2/c1-26(12-8-23-9-12)15(27)14-7-6-13(24-25-14)10-2-4-11(5-3-10)16(18,19)17(20,21)22;3-2(4,5)1(6)7/h2-7,12,23H,8-9H2,1H3;(H,6,7). The normalized spacial score (nSPS) is 14.5. The summed E-state index contributed by atoms with van der Waals surface area (Å²) in [5, 5.41) is 17.9. The van der Waals surface area contributed by atoms with Gasteiger partial charge in [-0.2, -0.15) is 35.1 Å². The molecule has 1 amide bonds. The molecule has 2 heterocycles. The van der Waals surface area contributed by atoms with E-state index in [1.165, 1.54) is 12.1 Å². The Bertz CT molecular complexity index is 1000. The van der Waals surface area contributed by atoms with E-state index in [1.54, 1.807) is 11.9 Å². The molecule has 1 fully saturated rings. The molecular weight excluding hydrogens is 484 g/mol.